The van der Waals surface area contributed by atoms with Crippen molar-refractivity contribution in [1.29, 1.82) is 0 Å². The summed E-state index contributed by atoms with van der Waals surface area (Å²) in [5.41, 5.74) is 1.38. The Kier molecular flexibility index (Phi) is 4.51. The van der Waals surface area contributed by atoms with Gasteiger partial charge in [-0.1, -0.05) is 36.6 Å². The van der Waals surface area contributed by atoms with E-state index in [0.29, 0.717) is 16.8 Å². The molecule has 0 aliphatic carbocycles. The van der Waals surface area contributed by atoms with E-state index in [9.17, 15) is 9.18 Å². The minimum Gasteiger partial charge on any atom is -0.377 e. The first-order valence-corrected chi connectivity index (χ1v) is 7.75. The molecule has 0 aromatic heterocycles. The van der Waals surface area contributed by atoms with Gasteiger partial charge in [0.25, 0.3) is 0 Å². The van der Waals surface area contributed by atoms with Gasteiger partial charge in [-0.15, -0.1) is 0 Å². The summed E-state index contributed by atoms with van der Waals surface area (Å²) < 4.78 is 13.4. The molecule has 1 fully saturated rings. The smallest absolute Gasteiger partial charge is 0.369 e. The van der Waals surface area contributed by atoms with E-state index in [1.807, 2.05) is 6.20 Å². The second-order valence-electron chi connectivity index (χ2n) is 5.68. The average Bonchev–Trinajstić information content (AvgIpc) is 2.83. The zero-order valence-corrected chi connectivity index (χ0v) is 12.4. The number of carbonyl (C=O) groups excluding carboxylic acids is 1. The maximum absolute atomic E-state index is 13.4. The van der Waals surface area contributed by atoms with Crippen LogP contribution in [0.25, 0.3) is 0 Å². The van der Waals surface area contributed by atoms with Crippen LogP contribution in [0.5, 0.6) is 0 Å². The molecule has 2 aliphatic rings. The number of rotatable bonds is 2. The zero-order chi connectivity index (χ0) is 15.4. The number of likely N-dealkylation sites (tertiary alicyclic amines) is 1. The minimum atomic E-state index is -0.471. The van der Waals surface area contributed by atoms with Crippen molar-refractivity contribution >= 4 is 11.7 Å². The molecule has 3 rings (SSSR count). The summed E-state index contributed by atoms with van der Waals surface area (Å²) in [5, 5.41) is 3.82. The maximum Gasteiger partial charge on any atom is 0.369 e. The predicted octanol–water partition coefficient (Wildman–Crippen LogP) is 3.24. The molecule has 1 aromatic rings. The summed E-state index contributed by atoms with van der Waals surface area (Å²) in [6.45, 7) is 1.85. The van der Waals surface area contributed by atoms with Crippen LogP contribution in [0.1, 0.15) is 37.7 Å². The van der Waals surface area contributed by atoms with Gasteiger partial charge in [0, 0.05) is 24.9 Å². The third-order valence-corrected chi connectivity index (χ3v) is 4.00. The van der Waals surface area contributed by atoms with Gasteiger partial charge in [0.05, 0.1) is 0 Å². The normalized spacial score (nSPS) is 21.3. The number of oxime groups is 1. The van der Waals surface area contributed by atoms with E-state index in [1.165, 1.54) is 31.4 Å². The van der Waals surface area contributed by atoms with Crippen molar-refractivity contribution in [2.24, 2.45) is 5.16 Å². The molecule has 2 aliphatic heterocycles. The molecule has 22 heavy (non-hydrogen) atoms. The van der Waals surface area contributed by atoms with E-state index in [1.54, 1.807) is 12.1 Å². The Hall–Kier alpha value is -2.17. The Bertz CT molecular complexity index is 617. The molecule has 4 nitrogen and oxygen atoms in total. The number of benzene rings is 1. The predicted molar refractivity (Wildman–Crippen MR) is 81.8 cm³/mol. The first-order chi connectivity index (χ1) is 10.7. The molecule has 0 amide bonds. The van der Waals surface area contributed by atoms with Crippen LogP contribution in [-0.2, 0) is 9.63 Å². The van der Waals surface area contributed by atoms with Crippen LogP contribution in [0, 0.1) is 5.82 Å². The summed E-state index contributed by atoms with van der Waals surface area (Å²) in [6.07, 6.45) is 7.77. The Morgan fingerprint density at radius 1 is 1.14 bits per heavy atom. The van der Waals surface area contributed by atoms with Gasteiger partial charge in [-0.2, -0.15) is 0 Å². The topological polar surface area (TPSA) is 41.9 Å². The Labute approximate surface area is 129 Å². The average molecular weight is 302 g/mol. The molecule has 1 aromatic carbocycles. The largest absolute Gasteiger partial charge is 0.377 e. The van der Waals surface area contributed by atoms with E-state index in [2.05, 4.69) is 10.1 Å². The number of hydrogen-bond donors (Lipinski definition) is 0. The fourth-order valence-electron chi connectivity index (χ4n) is 2.82. The van der Waals surface area contributed by atoms with Crippen LogP contribution in [-0.4, -0.2) is 29.7 Å². The van der Waals surface area contributed by atoms with E-state index in [4.69, 9.17) is 4.84 Å². The molecule has 1 saturated heterocycles. The molecule has 0 spiro atoms. The standard InChI is InChI=1S/C17H19FN2O2/c18-14-8-6-7-13(11-14)16-15(17(21)22-19-16)12-20-9-4-2-1-3-5-10-20/h6-8,11-12H,1-5,9-10H2. The van der Waals surface area contributed by atoms with Gasteiger partial charge in [0.15, 0.2) is 0 Å². The van der Waals surface area contributed by atoms with Crippen molar-refractivity contribution in [1.82, 2.24) is 4.90 Å². The molecule has 0 atom stereocenters. The van der Waals surface area contributed by atoms with Crippen molar-refractivity contribution < 1.29 is 14.0 Å². The Morgan fingerprint density at radius 2 is 1.86 bits per heavy atom. The Morgan fingerprint density at radius 3 is 2.59 bits per heavy atom. The van der Waals surface area contributed by atoms with Gasteiger partial charge in [0.2, 0.25) is 0 Å². The summed E-state index contributed by atoms with van der Waals surface area (Å²) in [4.78, 5) is 18.9. The molecule has 0 radical (unpaired) electrons. The summed E-state index contributed by atoms with van der Waals surface area (Å²) in [7, 11) is 0. The Balaban J connectivity index is 1.84. The van der Waals surface area contributed by atoms with E-state index in [0.717, 1.165) is 25.9 Å². The molecule has 116 valence electrons. The van der Waals surface area contributed by atoms with Crippen molar-refractivity contribution in [3.8, 4) is 0 Å². The van der Waals surface area contributed by atoms with Gasteiger partial charge >= 0.3 is 5.97 Å². The lowest BCUT2D eigenvalue weighted by Gasteiger charge is -2.23. The van der Waals surface area contributed by atoms with Crippen molar-refractivity contribution in [3.63, 3.8) is 0 Å². The van der Waals surface area contributed by atoms with Crippen molar-refractivity contribution in [3.05, 3.63) is 47.4 Å². The molecular weight excluding hydrogens is 283 g/mol. The number of carbonyl (C=O) groups is 1. The highest BCUT2D eigenvalue weighted by Crippen LogP contribution is 2.20. The molecular formula is C17H19FN2O2. The molecule has 0 N–H and O–H groups in total. The van der Waals surface area contributed by atoms with Gasteiger partial charge in [-0.3, -0.25) is 0 Å². The first kappa shape index (κ1) is 14.8. The van der Waals surface area contributed by atoms with Crippen LogP contribution in [0.3, 0.4) is 0 Å². The molecule has 2 heterocycles. The van der Waals surface area contributed by atoms with Crippen molar-refractivity contribution in [2.45, 2.75) is 32.1 Å². The van der Waals surface area contributed by atoms with Crippen LogP contribution in [0.4, 0.5) is 4.39 Å². The third-order valence-electron chi connectivity index (χ3n) is 4.00. The van der Waals surface area contributed by atoms with Crippen LogP contribution in [0.2, 0.25) is 0 Å². The van der Waals surface area contributed by atoms with Crippen LogP contribution >= 0.6 is 0 Å². The highest BCUT2D eigenvalue weighted by Gasteiger charge is 2.28. The van der Waals surface area contributed by atoms with Crippen LogP contribution < -0.4 is 0 Å². The zero-order valence-electron chi connectivity index (χ0n) is 12.4. The lowest BCUT2D eigenvalue weighted by atomic mass is 10.0. The number of halogens is 1. The quantitative estimate of drug-likeness (QED) is 0.622. The molecule has 0 unspecified atom stereocenters. The summed E-state index contributed by atoms with van der Waals surface area (Å²) in [6, 6.07) is 6.06. The van der Waals surface area contributed by atoms with Gasteiger partial charge < -0.3 is 9.74 Å². The monoisotopic (exact) mass is 302 g/mol. The molecule has 0 saturated carbocycles. The van der Waals surface area contributed by atoms with E-state index in [-0.39, 0.29) is 5.82 Å². The highest BCUT2D eigenvalue weighted by molar-refractivity contribution is 6.28. The second kappa shape index (κ2) is 6.73. The lowest BCUT2D eigenvalue weighted by Crippen LogP contribution is -2.24. The second-order valence-corrected chi connectivity index (χ2v) is 5.68. The van der Waals surface area contributed by atoms with Gasteiger partial charge in [0.1, 0.15) is 17.1 Å². The fraction of sp³-hybridized carbons (Fsp3) is 0.412. The molecule has 5 heteroatoms. The minimum absolute atomic E-state index is 0.356. The lowest BCUT2D eigenvalue weighted by molar-refractivity contribution is -0.136. The first-order valence-electron chi connectivity index (χ1n) is 7.75. The summed E-state index contributed by atoms with van der Waals surface area (Å²) >= 11 is 0. The number of nitrogens with zero attached hydrogens (tertiary/aromatic N) is 2. The van der Waals surface area contributed by atoms with E-state index < -0.39 is 5.97 Å². The fourth-order valence-corrected chi connectivity index (χ4v) is 2.82. The van der Waals surface area contributed by atoms with Crippen LogP contribution in [0.15, 0.2) is 41.2 Å². The van der Waals surface area contributed by atoms with E-state index >= 15 is 0 Å². The SMILES string of the molecule is O=C1ON=C(c2cccc(F)c2)C1=CN1CCCCCCC1. The van der Waals surface area contributed by atoms with Gasteiger partial charge in [-0.05, 0) is 25.0 Å². The van der Waals surface area contributed by atoms with Crippen molar-refractivity contribution in [2.75, 3.05) is 13.1 Å². The van der Waals surface area contributed by atoms with Gasteiger partial charge in [-0.25, -0.2) is 9.18 Å². The third kappa shape index (κ3) is 3.35. The highest BCUT2D eigenvalue weighted by atomic mass is 19.1. The maximum atomic E-state index is 13.4. The summed E-state index contributed by atoms with van der Waals surface area (Å²) in [5.74, 6) is -0.827. The molecule has 0 bridgehead atoms. The number of hydrogen-bond acceptors (Lipinski definition) is 4.